The Morgan fingerprint density at radius 1 is 1.03 bits per heavy atom. The van der Waals surface area contributed by atoms with Crippen LogP contribution >= 0.6 is 0 Å². The Kier molecular flexibility index (Phi) is 5.48. The summed E-state index contributed by atoms with van der Waals surface area (Å²) in [6.45, 7) is 3.40. The van der Waals surface area contributed by atoms with Crippen molar-refractivity contribution in [1.29, 1.82) is 0 Å². The van der Waals surface area contributed by atoms with Crippen LogP contribution < -0.4 is 29.8 Å². The Balaban J connectivity index is 1.67. The van der Waals surface area contributed by atoms with E-state index in [0.717, 1.165) is 10.2 Å². The van der Waals surface area contributed by atoms with E-state index >= 15 is 0 Å². The maximum atomic E-state index is 13.2. The first-order chi connectivity index (χ1) is 15.3. The van der Waals surface area contributed by atoms with Crippen LogP contribution in [0.1, 0.15) is 13.8 Å². The summed E-state index contributed by atoms with van der Waals surface area (Å²) >= 11 is 0. The van der Waals surface area contributed by atoms with Crippen LogP contribution in [0.25, 0.3) is 11.3 Å². The molecule has 0 saturated heterocycles. The van der Waals surface area contributed by atoms with E-state index in [-0.39, 0.29) is 6.79 Å². The molecule has 0 aliphatic carbocycles. The number of rotatable bonds is 6. The lowest BCUT2D eigenvalue weighted by Gasteiger charge is -2.26. The van der Waals surface area contributed by atoms with E-state index in [2.05, 4.69) is 10.4 Å². The summed E-state index contributed by atoms with van der Waals surface area (Å²) in [7, 11) is 3.03. The first kappa shape index (κ1) is 21.2. The number of nitrogens with one attached hydrogen (secondary N) is 1. The van der Waals surface area contributed by atoms with Crippen LogP contribution in [0.15, 0.2) is 53.3 Å². The molecule has 1 amide bonds. The Morgan fingerprint density at radius 2 is 1.81 bits per heavy atom. The number of fused-ring (bicyclic) bond motifs is 1. The lowest BCUT2D eigenvalue weighted by Crippen LogP contribution is -2.47. The highest BCUT2D eigenvalue weighted by Gasteiger charge is 2.33. The van der Waals surface area contributed by atoms with Gasteiger partial charge in [-0.3, -0.25) is 9.59 Å². The minimum Gasteiger partial charge on any atom is -0.497 e. The number of hydrogen-bond donors (Lipinski definition) is 1. The molecule has 0 fully saturated rings. The van der Waals surface area contributed by atoms with Gasteiger partial charge in [0.15, 0.2) is 11.5 Å². The second-order valence-electron chi connectivity index (χ2n) is 7.62. The third kappa shape index (κ3) is 3.84. The van der Waals surface area contributed by atoms with Gasteiger partial charge >= 0.3 is 0 Å². The summed E-state index contributed by atoms with van der Waals surface area (Å²) in [5.41, 5.74) is -0.0501. The monoisotopic (exact) mass is 437 g/mol. The van der Waals surface area contributed by atoms with Gasteiger partial charge < -0.3 is 24.3 Å². The lowest BCUT2D eigenvalue weighted by atomic mass is 10.0. The van der Waals surface area contributed by atoms with Gasteiger partial charge in [0.05, 0.1) is 25.6 Å². The first-order valence-electron chi connectivity index (χ1n) is 9.88. The quantitative estimate of drug-likeness (QED) is 0.633. The summed E-state index contributed by atoms with van der Waals surface area (Å²) in [4.78, 5) is 25.9. The van der Waals surface area contributed by atoms with Crippen molar-refractivity contribution in [2.24, 2.45) is 0 Å². The molecule has 0 atom stereocenters. The Hall–Kier alpha value is -4.01. The number of benzene rings is 2. The highest BCUT2D eigenvalue weighted by Crippen LogP contribution is 2.35. The van der Waals surface area contributed by atoms with E-state index in [1.807, 2.05) is 6.07 Å². The predicted molar refractivity (Wildman–Crippen MR) is 118 cm³/mol. The topological polar surface area (TPSA) is 101 Å². The van der Waals surface area contributed by atoms with Gasteiger partial charge in [-0.1, -0.05) is 0 Å². The van der Waals surface area contributed by atoms with Gasteiger partial charge in [0.1, 0.15) is 17.0 Å². The lowest BCUT2D eigenvalue weighted by molar-refractivity contribution is -0.123. The minimum atomic E-state index is -1.31. The Bertz CT molecular complexity index is 1230. The molecule has 0 bridgehead atoms. The number of carbonyl (C=O) groups is 1. The zero-order chi connectivity index (χ0) is 22.9. The standard InChI is InChI=1S/C23H23N3O6/c1-23(2,22(28)24-17-12-15(29-3)6-9-18(17)30-4)26-21(27)10-7-16(25-26)14-5-8-19-20(11-14)32-13-31-19/h5-12H,13H2,1-4H3,(H,24,28). The molecular formula is C23H23N3O6. The molecular weight excluding hydrogens is 414 g/mol. The molecule has 166 valence electrons. The molecule has 32 heavy (non-hydrogen) atoms. The molecule has 0 unspecified atom stereocenters. The molecule has 9 heteroatoms. The molecule has 0 radical (unpaired) electrons. The summed E-state index contributed by atoms with van der Waals surface area (Å²) < 4.78 is 22.5. The highest BCUT2D eigenvalue weighted by molar-refractivity contribution is 5.97. The van der Waals surface area contributed by atoms with E-state index in [9.17, 15) is 9.59 Å². The van der Waals surface area contributed by atoms with Gasteiger partial charge in [-0.05, 0) is 50.2 Å². The average molecular weight is 437 g/mol. The molecule has 1 aliphatic heterocycles. The zero-order valence-corrected chi connectivity index (χ0v) is 18.2. The van der Waals surface area contributed by atoms with Gasteiger partial charge in [0.2, 0.25) is 6.79 Å². The third-order valence-corrected chi connectivity index (χ3v) is 5.21. The maximum absolute atomic E-state index is 13.2. The number of nitrogens with zero attached hydrogens (tertiary/aromatic N) is 2. The van der Waals surface area contributed by atoms with Crippen LogP contribution in [0.5, 0.6) is 23.0 Å². The second-order valence-corrected chi connectivity index (χ2v) is 7.62. The number of carbonyl (C=O) groups excluding carboxylic acids is 1. The molecule has 0 saturated carbocycles. The fourth-order valence-electron chi connectivity index (χ4n) is 3.30. The number of ether oxygens (including phenoxy) is 4. The predicted octanol–water partition coefficient (Wildman–Crippen LogP) is 3.03. The molecule has 1 aliphatic rings. The number of aromatic nitrogens is 2. The molecule has 1 aromatic heterocycles. The summed E-state index contributed by atoms with van der Waals surface area (Å²) in [6, 6.07) is 13.4. The van der Waals surface area contributed by atoms with Gasteiger partial charge in [-0.25, -0.2) is 4.68 Å². The van der Waals surface area contributed by atoms with Crippen LogP contribution in [-0.2, 0) is 10.3 Å². The van der Waals surface area contributed by atoms with Crippen LogP contribution in [0.4, 0.5) is 5.69 Å². The first-order valence-corrected chi connectivity index (χ1v) is 9.88. The van der Waals surface area contributed by atoms with E-state index < -0.39 is 17.0 Å². The summed E-state index contributed by atoms with van der Waals surface area (Å²) in [5, 5.41) is 7.28. The van der Waals surface area contributed by atoms with Crippen molar-refractivity contribution >= 4 is 11.6 Å². The Morgan fingerprint density at radius 3 is 2.56 bits per heavy atom. The largest absolute Gasteiger partial charge is 0.497 e. The Labute approximate surface area is 184 Å². The molecule has 1 N–H and O–H groups in total. The summed E-state index contributed by atoms with van der Waals surface area (Å²) in [5.74, 6) is 1.82. The van der Waals surface area contributed by atoms with Crippen molar-refractivity contribution in [3.8, 4) is 34.3 Å². The number of methoxy groups -OCH3 is 2. The van der Waals surface area contributed by atoms with E-state index in [1.54, 1.807) is 50.2 Å². The minimum absolute atomic E-state index is 0.159. The van der Waals surface area contributed by atoms with Crippen LogP contribution in [0.2, 0.25) is 0 Å². The van der Waals surface area contributed by atoms with Crippen LogP contribution in [0.3, 0.4) is 0 Å². The van der Waals surface area contributed by atoms with Crippen LogP contribution in [-0.4, -0.2) is 36.7 Å². The average Bonchev–Trinajstić information content (AvgIpc) is 3.27. The molecule has 3 aromatic rings. The van der Waals surface area contributed by atoms with Crippen molar-refractivity contribution in [2.75, 3.05) is 26.3 Å². The smallest absolute Gasteiger partial charge is 0.267 e. The molecule has 4 rings (SSSR count). The fourth-order valence-corrected chi connectivity index (χ4v) is 3.30. The second kappa shape index (κ2) is 8.26. The van der Waals surface area contributed by atoms with Crippen molar-refractivity contribution in [3.05, 3.63) is 58.9 Å². The van der Waals surface area contributed by atoms with Crippen molar-refractivity contribution in [1.82, 2.24) is 9.78 Å². The van der Waals surface area contributed by atoms with E-state index in [0.29, 0.717) is 34.4 Å². The molecule has 2 heterocycles. The number of anilines is 1. The normalized spacial score (nSPS) is 12.4. The van der Waals surface area contributed by atoms with Gasteiger partial charge in [0.25, 0.3) is 11.5 Å². The van der Waals surface area contributed by atoms with Crippen LogP contribution in [0, 0.1) is 0 Å². The van der Waals surface area contributed by atoms with Crippen molar-refractivity contribution < 1.29 is 23.7 Å². The highest BCUT2D eigenvalue weighted by atomic mass is 16.7. The fraction of sp³-hybridized carbons (Fsp3) is 0.261. The van der Waals surface area contributed by atoms with Gasteiger partial charge in [0, 0.05) is 17.7 Å². The van der Waals surface area contributed by atoms with Crippen molar-refractivity contribution in [3.63, 3.8) is 0 Å². The third-order valence-electron chi connectivity index (χ3n) is 5.21. The summed E-state index contributed by atoms with van der Waals surface area (Å²) in [6.07, 6.45) is 0. The van der Waals surface area contributed by atoms with E-state index in [1.165, 1.54) is 20.3 Å². The zero-order valence-electron chi connectivity index (χ0n) is 18.2. The molecule has 0 spiro atoms. The maximum Gasteiger partial charge on any atom is 0.267 e. The van der Waals surface area contributed by atoms with Gasteiger partial charge in [-0.2, -0.15) is 5.10 Å². The SMILES string of the molecule is COc1ccc(OC)c(NC(=O)C(C)(C)n2nc(-c3ccc4c(c3)OCO4)ccc2=O)c1. The molecule has 2 aromatic carbocycles. The van der Waals surface area contributed by atoms with Gasteiger partial charge in [-0.15, -0.1) is 0 Å². The number of amides is 1. The van der Waals surface area contributed by atoms with E-state index in [4.69, 9.17) is 18.9 Å². The number of hydrogen-bond acceptors (Lipinski definition) is 7. The molecule has 9 nitrogen and oxygen atoms in total. The van der Waals surface area contributed by atoms with Crippen molar-refractivity contribution in [2.45, 2.75) is 19.4 Å².